The highest BCUT2D eigenvalue weighted by molar-refractivity contribution is 5.97. The van der Waals surface area contributed by atoms with E-state index in [-0.39, 0.29) is 5.41 Å². The zero-order chi connectivity index (χ0) is 12.1. The summed E-state index contributed by atoms with van der Waals surface area (Å²) in [4.78, 5) is 12.2. The van der Waals surface area contributed by atoms with Gasteiger partial charge in [-0.1, -0.05) is 62.6 Å². The highest BCUT2D eigenvalue weighted by Gasteiger charge is 2.32. The van der Waals surface area contributed by atoms with Gasteiger partial charge >= 0.3 is 0 Å². The summed E-state index contributed by atoms with van der Waals surface area (Å²) < 4.78 is 0. The van der Waals surface area contributed by atoms with Gasteiger partial charge in [0.2, 0.25) is 0 Å². The smallest absolute Gasteiger partial charge is 0.161 e. The molecule has 0 radical (unpaired) electrons. The molecule has 0 spiro atoms. The Labute approximate surface area is 104 Å². The number of allylic oxidation sites excluding steroid dienone is 1. The van der Waals surface area contributed by atoms with Crippen molar-refractivity contribution < 1.29 is 4.79 Å². The zero-order valence-corrected chi connectivity index (χ0v) is 10.5. The summed E-state index contributed by atoms with van der Waals surface area (Å²) in [7, 11) is 0. The molecule has 1 aliphatic carbocycles. The molecule has 2 rings (SSSR count). The summed E-state index contributed by atoms with van der Waals surface area (Å²) >= 11 is 0. The lowest BCUT2D eigenvalue weighted by atomic mass is 9.72. The van der Waals surface area contributed by atoms with Crippen LogP contribution in [0.4, 0.5) is 0 Å². The maximum Gasteiger partial charge on any atom is 0.161 e. The Kier molecular flexibility index (Phi) is 3.78. The lowest BCUT2D eigenvalue weighted by molar-refractivity contribution is -0.124. The first-order valence-electron chi connectivity index (χ1n) is 6.48. The normalized spacial score (nSPS) is 19.4. The van der Waals surface area contributed by atoms with E-state index in [4.69, 9.17) is 0 Å². The van der Waals surface area contributed by atoms with Crippen LogP contribution in [0.2, 0.25) is 0 Å². The molecule has 1 aliphatic rings. The maximum atomic E-state index is 12.2. The fraction of sp³-hybridized carbons (Fsp3) is 0.438. The van der Waals surface area contributed by atoms with Crippen LogP contribution in [0.3, 0.4) is 0 Å². The molecule has 90 valence electrons. The Morgan fingerprint density at radius 3 is 2.41 bits per heavy atom. The summed E-state index contributed by atoms with van der Waals surface area (Å²) in [6.07, 6.45) is 9.47. The van der Waals surface area contributed by atoms with E-state index in [0.29, 0.717) is 5.78 Å². The molecule has 0 atom stereocenters. The third-order valence-electron chi connectivity index (χ3n) is 3.78. The summed E-state index contributed by atoms with van der Waals surface area (Å²) in [6.45, 7) is 2.11. The van der Waals surface area contributed by atoms with Crippen LogP contribution in [0.1, 0.15) is 44.6 Å². The quantitative estimate of drug-likeness (QED) is 0.707. The minimum absolute atomic E-state index is 0.108. The molecule has 0 N–H and O–H groups in total. The largest absolute Gasteiger partial charge is 0.294 e. The first kappa shape index (κ1) is 12.1. The Bertz CT molecular complexity index is 397. The van der Waals surface area contributed by atoms with Crippen LogP contribution in [-0.4, -0.2) is 5.78 Å². The van der Waals surface area contributed by atoms with Crippen molar-refractivity contribution >= 4 is 11.9 Å². The first-order chi connectivity index (χ1) is 8.21. The van der Waals surface area contributed by atoms with Gasteiger partial charge in [-0.2, -0.15) is 0 Å². The van der Waals surface area contributed by atoms with Crippen molar-refractivity contribution in [1.82, 2.24) is 0 Å². The van der Waals surface area contributed by atoms with Gasteiger partial charge in [0, 0.05) is 5.41 Å². The number of carbonyl (C=O) groups excluding carboxylic acids is 1. The van der Waals surface area contributed by atoms with Gasteiger partial charge in [0.1, 0.15) is 0 Å². The molecule has 1 nitrogen and oxygen atoms in total. The van der Waals surface area contributed by atoms with Crippen molar-refractivity contribution in [3.8, 4) is 0 Å². The van der Waals surface area contributed by atoms with E-state index in [1.165, 1.54) is 19.3 Å². The predicted octanol–water partition coefficient (Wildman–Crippen LogP) is 4.24. The monoisotopic (exact) mass is 228 g/mol. The molecule has 1 fully saturated rings. The molecule has 1 heteroatoms. The zero-order valence-electron chi connectivity index (χ0n) is 10.5. The van der Waals surface area contributed by atoms with Crippen molar-refractivity contribution in [2.75, 3.05) is 0 Å². The Morgan fingerprint density at radius 2 is 1.76 bits per heavy atom. The van der Waals surface area contributed by atoms with Crippen LogP contribution < -0.4 is 0 Å². The molecular formula is C16H20O. The fourth-order valence-corrected chi connectivity index (χ4v) is 2.52. The minimum Gasteiger partial charge on any atom is -0.294 e. The Morgan fingerprint density at radius 1 is 1.12 bits per heavy atom. The minimum atomic E-state index is -0.108. The lowest BCUT2D eigenvalue weighted by Gasteiger charge is -2.30. The van der Waals surface area contributed by atoms with E-state index < -0.39 is 0 Å². The van der Waals surface area contributed by atoms with Gasteiger partial charge in [-0.3, -0.25) is 4.79 Å². The lowest BCUT2D eigenvalue weighted by Crippen LogP contribution is -2.28. The molecule has 0 amide bonds. The van der Waals surface area contributed by atoms with Crippen molar-refractivity contribution in [2.24, 2.45) is 5.41 Å². The Balaban J connectivity index is 2.03. The molecule has 17 heavy (non-hydrogen) atoms. The third kappa shape index (κ3) is 3.06. The highest BCUT2D eigenvalue weighted by atomic mass is 16.1. The SMILES string of the molecule is CC1(C(=O)/C=C/c2ccccc2)CCCCC1. The number of benzene rings is 1. The molecule has 0 heterocycles. The van der Waals surface area contributed by atoms with E-state index in [1.807, 2.05) is 36.4 Å². The van der Waals surface area contributed by atoms with E-state index in [9.17, 15) is 4.79 Å². The van der Waals surface area contributed by atoms with Crippen molar-refractivity contribution in [1.29, 1.82) is 0 Å². The summed E-state index contributed by atoms with van der Waals surface area (Å²) in [5, 5.41) is 0. The molecular weight excluding hydrogens is 208 g/mol. The number of carbonyl (C=O) groups is 1. The average molecular weight is 228 g/mol. The standard InChI is InChI=1S/C16H20O/c1-16(12-6-3-7-13-16)15(17)11-10-14-8-4-2-5-9-14/h2,4-5,8-11H,3,6-7,12-13H2,1H3/b11-10+. The average Bonchev–Trinajstić information content (AvgIpc) is 2.38. The van der Waals surface area contributed by atoms with E-state index in [1.54, 1.807) is 6.08 Å². The van der Waals surface area contributed by atoms with Gasteiger partial charge in [-0.05, 0) is 24.5 Å². The summed E-state index contributed by atoms with van der Waals surface area (Å²) in [5.41, 5.74) is 0.990. The number of hydrogen-bond donors (Lipinski definition) is 0. The van der Waals surface area contributed by atoms with Gasteiger partial charge in [-0.15, -0.1) is 0 Å². The number of hydrogen-bond acceptors (Lipinski definition) is 1. The van der Waals surface area contributed by atoms with Crippen molar-refractivity contribution in [3.05, 3.63) is 42.0 Å². The predicted molar refractivity (Wildman–Crippen MR) is 71.7 cm³/mol. The molecule has 1 aromatic carbocycles. The van der Waals surface area contributed by atoms with E-state index in [2.05, 4.69) is 6.92 Å². The van der Waals surface area contributed by atoms with Crippen LogP contribution in [0.15, 0.2) is 36.4 Å². The van der Waals surface area contributed by atoms with Crippen LogP contribution >= 0.6 is 0 Å². The summed E-state index contributed by atoms with van der Waals surface area (Å²) in [5.74, 6) is 0.293. The molecule has 1 aromatic rings. The van der Waals surface area contributed by atoms with Crippen LogP contribution in [0.25, 0.3) is 6.08 Å². The molecule has 0 aromatic heterocycles. The van der Waals surface area contributed by atoms with Gasteiger partial charge < -0.3 is 0 Å². The van der Waals surface area contributed by atoms with Gasteiger partial charge in [0.05, 0.1) is 0 Å². The van der Waals surface area contributed by atoms with Gasteiger partial charge in [0.15, 0.2) is 5.78 Å². The maximum absolute atomic E-state index is 12.2. The molecule has 0 aliphatic heterocycles. The number of rotatable bonds is 3. The van der Waals surface area contributed by atoms with Crippen molar-refractivity contribution in [3.63, 3.8) is 0 Å². The third-order valence-corrected chi connectivity index (χ3v) is 3.78. The Hall–Kier alpha value is -1.37. The highest BCUT2D eigenvalue weighted by Crippen LogP contribution is 2.36. The molecule has 0 bridgehead atoms. The van der Waals surface area contributed by atoms with Gasteiger partial charge in [0.25, 0.3) is 0 Å². The second-order valence-corrected chi connectivity index (χ2v) is 5.23. The topological polar surface area (TPSA) is 17.1 Å². The first-order valence-corrected chi connectivity index (χ1v) is 6.48. The molecule has 0 unspecified atom stereocenters. The van der Waals surface area contributed by atoms with Crippen LogP contribution in [0, 0.1) is 5.41 Å². The summed E-state index contributed by atoms with van der Waals surface area (Å²) in [6, 6.07) is 10.0. The van der Waals surface area contributed by atoms with E-state index in [0.717, 1.165) is 18.4 Å². The number of ketones is 1. The van der Waals surface area contributed by atoms with E-state index >= 15 is 0 Å². The van der Waals surface area contributed by atoms with Crippen molar-refractivity contribution in [2.45, 2.75) is 39.0 Å². The second-order valence-electron chi connectivity index (χ2n) is 5.23. The molecule has 1 saturated carbocycles. The molecule has 0 saturated heterocycles. The fourth-order valence-electron chi connectivity index (χ4n) is 2.52. The van der Waals surface area contributed by atoms with Crippen LogP contribution in [0.5, 0.6) is 0 Å². The van der Waals surface area contributed by atoms with Crippen LogP contribution in [-0.2, 0) is 4.79 Å². The van der Waals surface area contributed by atoms with Gasteiger partial charge in [-0.25, -0.2) is 0 Å². The second kappa shape index (κ2) is 5.31.